The maximum Gasteiger partial charge on any atom is 0.190 e. The van der Waals surface area contributed by atoms with Crippen LogP contribution in [-0.4, -0.2) is 9.02 Å². The minimum absolute atomic E-state index is 0.111. The number of alkyl halides is 3. The van der Waals surface area contributed by atoms with Crippen molar-refractivity contribution in [1.82, 2.24) is 0 Å². The van der Waals surface area contributed by atoms with E-state index in [0.717, 1.165) is 24.0 Å². The quantitative estimate of drug-likeness (QED) is 0.463. The summed E-state index contributed by atoms with van der Waals surface area (Å²) in [6.07, 6.45) is 1.70. The van der Waals surface area contributed by atoms with Crippen molar-refractivity contribution in [3.63, 3.8) is 0 Å². The average Bonchev–Trinajstić information content (AvgIpc) is 2.31. The molecule has 0 unspecified atom stereocenters. The third kappa shape index (κ3) is 2.22. The van der Waals surface area contributed by atoms with E-state index >= 15 is 0 Å². The third-order valence-electron chi connectivity index (χ3n) is 2.59. The predicted octanol–water partition coefficient (Wildman–Crippen LogP) is 4.59. The normalized spacial score (nSPS) is 24.5. The summed E-state index contributed by atoms with van der Waals surface area (Å²) in [5, 5.41) is 0. The number of hydrogen-bond donors (Lipinski definition) is 0. The maximum atomic E-state index is 12.2. The first-order valence-corrected chi connectivity index (χ1v) is 7.18. The van der Waals surface area contributed by atoms with Crippen LogP contribution in [0.5, 0.6) is 0 Å². The van der Waals surface area contributed by atoms with Gasteiger partial charge in [-0.15, -0.1) is 0 Å². The monoisotopic (exact) mass is 394 g/mol. The Labute approximate surface area is 114 Å². The summed E-state index contributed by atoms with van der Waals surface area (Å²) in [5.41, 5.74) is 1.88. The zero-order chi connectivity index (χ0) is 11.1. The second-order valence-electron chi connectivity index (χ2n) is 3.63. The van der Waals surface area contributed by atoms with Crippen LogP contribution >= 0.6 is 47.8 Å². The highest BCUT2D eigenvalue weighted by Crippen LogP contribution is 2.44. The van der Waals surface area contributed by atoms with Gasteiger partial charge in [-0.3, -0.25) is 4.79 Å². The summed E-state index contributed by atoms with van der Waals surface area (Å²) >= 11 is 10.5. The first kappa shape index (κ1) is 11.8. The maximum absolute atomic E-state index is 12.2. The number of benzene rings is 1. The number of fused-ring (bicyclic) bond motifs is 1. The predicted molar refractivity (Wildman–Crippen MR) is 72.3 cm³/mol. The van der Waals surface area contributed by atoms with E-state index in [1.54, 1.807) is 0 Å². The molecule has 0 amide bonds. The number of Topliss-reactive ketones (excluding diaryl/α,β-unsaturated/α-hetero) is 1. The molecule has 1 aromatic rings. The fraction of sp³-hybridized carbons (Fsp3) is 0.364. The van der Waals surface area contributed by atoms with Crippen molar-refractivity contribution in [2.75, 3.05) is 0 Å². The molecule has 4 heteroatoms. The summed E-state index contributed by atoms with van der Waals surface area (Å²) in [5.74, 6) is 0.111. The summed E-state index contributed by atoms with van der Waals surface area (Å²) in [7, 11) is 0. The number of halogens is 3. The molecule has 1 atom stereocenters. The molecular weight excluding hydrogens is 388 g/mol. The molecule has 0 saturated heterocycles. The Balaban J connectivity index is 2.56. The van der Waals surface area contributed by atoms with Crippen LogP contribution in [0.2, 0.25) is 0 Å². The van der Waals surface area contributed by atoms with Crippen molar-refractivity contribution in [1.29, 1.82) is 0 Å². The first-order valence-electron chi connectivity index (χ1n) is 4.68. The van der Waals surface area contributed by atoms with Crippen molar-refractivity contribution in [2.24, 2.45) is 0 Å². The average molecular weight is 397 g/mol. The van der Waals surface area contributed by atoms with E-state index in [1.165, 1.54) is 0 Å². The highest BCUT2D eigenvalue weighted by atomic mass is 79.9. The van der Waals surface area contributed by atoms with Crippen molar-refractivity contribution in [3.05, 3.63) is 35.4 Å². The van der Waals surface area contributed by atoms with Crippen LogP contribution in [0.3, 0.4) is 0 Å². The molecule has 1 nitrogen and oxygen atoms in total. The van der Waals surface area contributed by atoms with E-state index in [1.807, 2.05) is 24.3 Å². The summed E-state index contributed by atoms with van der Waals surface area (Å²) in [6, 6.07) is 7.76. The first-order chi connectivity index (χ1) is 7.02. The fourth-order valence-electron chi connectivity index (χ4n) is 1.75. The van der Waals surface area contributed by atoms with Gasteiger partial charge >= 0.3 is 0 Å². The van der Waals surface area contributed by atoms with Gasteiger partial charge in [0.05, 0.1) is 0 Å². The Bertz CT molecular complexity index is 401. The molecule has 0 N–H and O–H groups in total. The molecule has 0 aliphatic heterocycles. The summed E-state index contributed by atoms with van der Waals surface area (Å²) in [6.45, 7) is 0. The highest BCUT2D eigenvalue weighted by molar-refractivity contribution is 9.26. The minimum Gasteiger partial charge on any atom is -0.292 e. The molecular formula is C11H9Br3O. The van der Waals surface area contributed by atoms with Gasteiger partial charge in [0.15, 0.2) is 5.78 Å². The van der Waals surface area contributed by atoms with Gasteiger partial charge in [0, 0.05) is 10.4 Å². The topological polar surface area (TPSA) is 17.1 Å². The smallest absolute Gasteiger partial charge is 0.190 e. The molecule has 15 heavy (non-hydrogen) atoms. The van der Waals surface area contributed by atoms with E-state index in [-0.39, 0.29) is 10.6 Å². The second kappa shape index (κ2) is 4.30. The zero-order valence-electron chi connectivity index (χ0n) is 7.84. The lowest BCUT2D eigenvalue weighted by Crippen LogP contribution is -2.23. The van der Waals surface area contributed by atoms with E-state index < -0.39 is 3.23 Å². The van der Waals surface area contributed by atoms with Gasteiger partial charge in [0.1, 0.15) is 3.23 Å². The number of carbonyl (C=O) groups excluding carboxylic acids is 1. The number of carbonyl (C=O) groups is 1. The largest absolute Gasteiger partial charge is 0.292 e. The Kier molecular flexibility index (Phi) is 3.39. The molecule has 0 radical (unpaired) electrons. The Hall–Kier alpha value is 0.330. The van der Waals surface area contributed by atoms with E-state index in [4.69, 9.17) is 0 Å². The minimum atomic E-state index is -0.599. The van der Waals surface area contributed by atoms with Crippen LogP contribution in [0.25, 0.3) is 0 Å². The van der Waals surface area contributed by atoms with Gasteiger partial charge in [0.2, 0.25) is 0 Å². The van der Waals surface area contributed by atoms with E-state index in [9.17, 15) is 4.79 Å². The van der Waals surface area contributed by atoms with Crippen LogP contribution in [0, 0.1) is 0 Å². The zero-order valence-corrected chi connectivity index (χ0v) is 12.6. The lowest BCUT2D eigenvalue weighted by Gasteiger charge is -2.15. The fourth-order valence-corrected chi connectivity index (χ4v) is 3.26. The van der Waals surface area contributed by atoms with Crippen LogP contribution in [0.4, 0.5) is 0 Å². The van der Waals surface area contributed by atoms with Crippen LogP contribution in [0.1, 0.15) is 33.6 Å². The van der Waals surface area contributed by atoms with Crippen LogP contribution in [-0.2, 0) is 0 Å². The van der Waals surface area contributed by atoms with Crippen molar-refractivity contribution in [2.45, 2.75) is 20.9 Å². The molecule has 0 spiro atoms. The van der Waals surface area contributed by atoms with Gasteiger partial charge in [-0.1, -0.05) is 72.1 Å². The van der Waals surface area contributed by atoms with Crippen molar-refractivity contribution < 1.29 is 4.79 Å². The third-order valence-corrected chi connectivity index (χ3v) is 5.05. The molecule has 2 rings (SSSR count). The summed E-state index contributed by atoms with van der Waals surface area (Å²) in [4.78, 5) is 12.4. The number of ketones is 1. The number of rotatable bonds is 0. The molecule has 0 saturated carbocycles. The Morgan fingerprint density at radius 3 is 2.67 bits per heavy atom. The SMILES string of the molecule is O=C1c2ccccc2[C@H](Br)CCC1(Br)Br. The van der Waals surface area contributed by atoms with Crippen molar-refractivity contribution >= 4 is 53.6 Å². The lowest BCUT2D eigenvalue weighted by atomic mass is 10.0. The highest BCUT2D eigenvalue weighted by Gasteiger charge is 2.38. The van der Waals surface area contributed by atoms with E-state index in [2.05, 4.69) is 47.8 Å². The van der Waals surface area contributed by atoms with Gasteiger partial charge in [-0.05, 0) is 18.4 Å². The second-order valence-corrected chi connectivity index (χ2v) is 8.50. The molecule has 0 heterocycles. The van der Waals surface area contributed by atoms with Crippen LogP contribution in [0.15, 0.2) is 24.3 Å². The molecule has 80 valence electrons. The molecule has 1 aliphatic carbocycles. The molecule has 0 fully saturated rings. The Morgan fingerprint density at radius 1 is 1.27 bits per heavy atom. The van der Waals surface area contributed by atoms with Crippen molar-refractivity contribution in [3.8, 4) is 0 Å². The van der Waals surface area contributed by atoms with Gasteiger partial charge in [-0.25, -0.2) is 0 Å². The molecule has 0 aromatic heterocycles. The molecule has 0 bridgehead atoms. The van der Waals surface area contributed by atoms with Gasteiger partial charge < -0.3 is 0 Å². The Morgan fingerprint density at radius 2 is 1.93 bits per heavy atom. The molecule has 1 aromatic carbocycles. The summed E-state index contributed by atoms with van der Waals surface area (Å²) < 4.78 is -0.599. The van der Waals surface area contributed by atoms with Crippen LogP contribution < -0.4 is 0 Å². The number of hydrogen-bond acceptors (Lipinski definition) is 1. The molecule has 1 aliphatic rings. The standard InChI is InChI=1S/C11H9Br3O/c12-9-5-6-11(13,14)10(15)8-4-2-1-3-7(8)9/h1-4,9H,5-6H2/t9-/m1/s1. The van der Waals surface area contributed by atoms with Gasteiger partial charge in [0.25, 0.3) is 0 Å². The van der Waals surface area contributed by atoms with Gasteiger partial charge in [-0.2, -0.15) is 0 Å². The van der Waals surface area contributed by atoms with E-state index in [0.29, 0.717) is 0 Å². The lowest BCUT2D eigenvalue weighted by molar-refractivity contribution is 0.0982.